The van der Waals surface area contributed by atoms with Crippen LogP contribution in [0.4, 0.5) is 4.79 Å². The molecule has 192 valence electrons. The van der Waals surface area contributed by atoms with Crippen LogP contribution in [0.5, 0.6) is 0 Å². The van der Waals surface area contributed by atoms with Crippen LogP contribution in [0, 0.1) is 11.3 Å². The number of carbonyl (C=O) groups is 4. The molecule has 0 saturated heterocycles. The molecule has 0 rings (SSSR count). The molecule has 0 unspecified atom stereocenters. The van der Waals surface area contributed by atoms with Crippen molar-refractivity contribution < 1.29 is 50.7 Å². The van der Waals surface area contributed by atoms with Gasteiger partial charge in [0.05, 0.1) is 18.3 Å². The standard InChI is InChI=1S/C20H35NO11S/c1-8-28-18(25)30-12-11-29-17(24)20(19(5,6)7,31-16(23)14(2)3)32-33(26,27)13-9-10-21-15(4)22/h14H,8-13H2,1-7H3,(H,21,22)/t20-/m0/s1. The zero-order chi connectivity index (χ0) is 25.9. The van der Waals surface area contributed by atoms with Crippen LogP contribution in [-0.2, 0) is 47.6 Å². The van der Waals surface area contributed by atoms with Crippen molar-refractivity contribution in [3.8, 4) is 0 Å². The fourth-order valence-corrected chi connectivity index (χ4v) is 3.48. The second kappa shape index (κ2) is 13.3. The molecule has 33 heavy (non-hydrogen) atoms. The molecular formula is C20H35NO11S. The first-order chi connectivity index (χ1) is 15.1. The van der Waals surface area contributed by atoms with Crippen LogP contribution in [0.3, 0.4) is 0 Å². The lowest BCUT2D eigenvalue weighted by atomic mass is 9.85. The molecule has 1 amide bonds. The van der Waals surface area contributed by atoms with Crippen LogP contribution in [-0.4, -0.2) is 70.3 Å². The maximum atomic E-state index is 13.0. The minimum Gasteiger partial charge on any atom is -0.457 e. The topological polar surface area (TPSA) is 161 Å². The minimum atomic E-state index is -4.42. The van der Waals surface area contributed by atoms with E-state index in [0.717, 1.165) is 0 Å². The predicted octanol–water partition coefficient (Wildman–Crippen LogP) is 1.52. The van der Waals surface area contributed by atoms with E-state index in [1.54, 1.807) is 6.92 Å². The van der Waals surface area contributed by atoms with Gasteiger partial charge in [0.15, 0.2) is 0 Å². The van der Waals surface area contributed by atoms with E-state index < -0.39 is 57.7 Å². The van der Waals surface area contributed by atoms with Gasteiger partial charge in [-0.05, 0) is 13.3 Å². The molecule has 0 aromatic rings. The van der Waals surface area contributed by atoms with E-state index in [2.05, 4.69) is 10.1 Å². The molecule has 0 aromatic heterocycles. The Labute approximate surface area is 194 Å². The average molecular weight is 498 g/mol. The molecule has 0 saturated carbocycles. The van der Waals surface area contributed by atoms with E-state index >= 15 is 0 Å². The number of hydrogen-bond acceptors (Lipinski definition) is 11. The second-order valence-electron chi connectivity index (χ2n) is 8.29. The second-order valence-corrected chi connectivity index (χ2v) is 9.98. The van der Waals surface area contributed by atoms with Crippen LogP contribution in [0.25, 0.3) is 0 Å². The van der Waals surface area contributed by atoms with Crippen molar-refractivity contribution in [1.29, 1.82) is 0 Å². The molecule has 1 N–H and O–H groups in total. The number of hydrogen-bond donors (Lipinski definition) is 1. The average Bonchev–Trinajstić information content (AvgIpc) is 2.66. The number of carbonyl (C=O) groups excluding carboxylic acids is 4. The molecule has 0 aliphatic heterocycles. The summed E-state index contributed by atoms with van der Waals surface area (Å²) >= 11 is 0. The van der Waals surface area contributed by atoms with Crippen LogP contribution < -0.4 is 5.32 Å². The van der Waals surface area contributed by atoms with Crippen molar-refractivity contribution in [3.05, 3.63) is 0 Å². The van der Waals surface area contributed by atoms with E-state index in [4.69, 9.17) is 18.4 Å². The molecule has 0 aliphatic rings. The number of esters is 2. The molecule has 0 fully saturated rings. The van der Waals surface area contributed by atoms with Gasteiger partial charge in [0.1, 0.15) is 13.2 Å². The lowest BCUT2D eigenvalue weighted by Gasteiger charge is -2.40. The highest BCUT2D eigenvalue weighted by Gasteiger charge is 2.58. The molecular weight excluding hydrogens is 462 g/mol. The number of rotatable bonds is 13. The molecule has 0 aliphatic carbocycles. The van der Waals surface area contributed by atoms with Crippen LogP contribution in [0.1, 0.15) is 54.9 Å². The highest BCUT2D eigenvalue weighted by atomic mass is 32.2. The molecule has 0 aromatic carbocycles. The summed E-state index contributed by atoms with van der Waals surface area (Å²) < 4.78 is 50.2. The van der Waals surface area contributed by atoms with E-state index in [1.807, 2.05) is 0 Å². The quantitative estimate of drug-likeness (QED) is 0.129. The monoisotopic (exact) mass is 497 g/mol. The van der Waals surface area contributed by atoms with Gasteiger partial charge >= 0.3 is 23.9 Å². The zero-order valence-electron chi connectivity index (χ0n) is 20.2. The summed E-state index contributed by atoms with van der Waals surface area (Å²) in [6.45, 7) is 9.45. The van der Waals surface area contributed by atoms with E-state index in [1.165, 1.54) is 41.5 Å². The van der Waals surface area contributed by atoms with Gasteiger partial charge in [0, 0.05) is 18.9 Å². The molecule has 0 radical (unpaired) electrons. The fourth-order valence-electron chi connectivity index (χ4n) is 2.18. The smallest absolute Gasteiger partial charge is 0.457 e. The third kappa shape index (κ3) is 10.8. The van der Waals surface area contributed by atoms with Gasteiger partial charge in [-0.15, -0.1) is 0 Å². The Morgan fingerprint density at radius 1 is 0.970 bits per heavy atom. The first-order valence-electron chi connectivity index (χ1n) is 10.4. The first-order valence-corrected chi connectivity index (χ1v) is 12.0. The summed E-state index contributed by atoms with van der Waals surface area (Å²) in [7, 11) is -4.42. The van der Waals surface area contributed by atoms with Crippen molar-refractivity contribution in [2.45, 2.75) is 60.7 Å². The third-order valence-corrected chi connectivity index (χ3v) is 5.24. The molecule has 0 spiro atoms. The van der Waals surface area contributed by atoms with Crippen molar-refractivity contribution >= 4 is 34.1 Å². The number of nitrogens with one attached hydrogen (secondary N) is 1. The summed E-state index contributed by atoms with van der Waals surface area (Å²) in [6, 6.07) is 0. The van der Waals surface area contributed by atoms with Gasteiger partial charge in [0.25, 0.3) is 10.1 Å². The van der Waals surface area contributed by atoms with E-state index in [0.29, 0.717) is 0 Å². The van der Waals surface area contributed by atoms with Gasteiger partial charge in [-0.2, -0.15) is 8.42 Å². The largest absolute Gasteiger partial charge is 0.508 e. The highest BCUT2D eigenvalue weighted by molar-refractivity contribution is 7.86. The minimum absolute atomic E-state index is 0.0112. The van der Waals surface area contributed by atoms with Gasteiger partial charge in [-0.1, -0.05) is 34.6 Å². The fraction of sp³-hybridized carbons (Fsp3) is 0.800. The Balaban J connectivity index is 5.71. The van der Waals surface area contributed by atoms with Crippen molar-refractivity contribution in [1.82, 2.24) is 5.32 Å². The lowest BCUT2D eigenvalue weighted by molar-refractivity contribution is -0.247. The molecule has 0 heterocycles. The van der Waals surface area contributed by atoms with Crippen molar-refractivity contribution in [2.24, 2.45) is 11.3 Å². The van der Waals surface area contributed by atoms with E-state index in [-0.39, 0.29) is 32.1 Å². The molecule has 12 nitrogen and oxygen atoms in total. The van der Waals surface area contributed by atoms with Crippen LogP contribution in [0.15, 0.2) is 0 Å². The summed E-state index contributed by atoms with van der Waals surface area (Å²) in [5.41, 5.74) is -1.39. The van der Waals surface area contributed by atoms with Crippen LogP contribution >= 0.6 is 0 Å². The normalized spacial score (nSPS) is 13.6. The third-order valence-electron chi connectivity index (χ3n) is 3.96. The molecule has 1 atom stereocenters. The van der Waals surface area contributed by atoms with Gasteiger partial charge in [-0.3, -0.25) is 9.59 Å². The van der Waals surface area contributed by atoms with Gasteiger partial charge in [0.2, 0.25) is 5.91 Å². The Hall–Kier alpha value is -2.41. The summed E-state index contributed by atoms with van der Waals surface area (Å²) in [5, 5.41) is 2.45. The Bertz CT molecular complexity index is 786. The summed E-state index contributed by atoms with van der Waals surface area (Å²) in [6.07, 6.45) is -0.984. The Morgan fingerprint density at radius 2 is 1.55 bits per heavy atom. The lowest BCUT2D eigenvalue weighted by Crippen LogP contribution is -2.58. The maximum Gasteiger partial charge on any atom is 0.508 e. The van der Waals surface area contributed by atoms with Gasteiger partial charge in [-0.25, -0.2) is 13.8 Å². The van der Waals surface area contributed by atoms with E-state index in [9.17, 15) is 27.6 Å². The summed E-state index contributed by atoms with van der Waals surface area (Å²) in [5.74, 6) is -6.44. The SMILES string of the molecule is CCOC(=O)OCCOC(=O)[C@](OC(=O)C(C)C)(OS(=O)(=O)CCCNC(C)=O)C(C)(C)C. The zero-order valence-corrected chi connectivity index (χ0v) is 21.0. The maximum absolute atomic E-state index is 13.0. The predicted molar refractivity (Wildman–Crippen MR) is 115 cm³/mol. The molecule has 13 heteroatoms. The van der Waals surface area contributed by atoms with Gasteiger partial charge < -0.3 is 24.3 Å². The first kappa shape index (κ1) is 30.6. The highest BCUT2D eigenvalue weighted by Crippen LogP contribution is 2.38. The summed E-state index contributed by atoms with van der Waals surface area (Å²) in [4.78, 5) is 47.6. The van der Waals surface area contributed by atoms with Crippen molar-refractivity contribution in [2.75, 3.05) is 32.1 Å². The Kier molecular flexibility index (Phi) is 12.4. The molecule has 0 bridgehead atoms. The van der Waals surface area contributed by atoms with Crippen molar-refractivity contribution in [3.63, 3.8) is 0 Å². The Morgan fingerprint density at radius 3 is 2.03 bits per heavy atom. The van der Waals surface area contributed by atoms with Crippen LogP contribution in [0.2, 0.25) is 0 Å². The number of ether oxygens (including phenoxy) is 4. The number of amides is 1.